The lowest BCUT2D eigenvalue weighted by Gasteiger charge is -2.32. The topological polar surface area (TPSA) is 87.3 Å². The minimum atomic E-state index is -4.44. The lowest BCUT2D eigenvalue weighted by atomic mass is 9.82. The molecule has 1 aliphatic heterocycles. The molecule has 2 N–H and O–H groups in total. The number of aromatic nitrogens is 2. The van der Waals surface area contributed by atoms with Crippen LogP contribution in [0.2, 0.25) is 0 Å². The van der Waals surface area contributed by atoms with Gasteiger partial charge >= 0.3 is 6.18 Å². The van der Waals surface area contributed by atoms with Gasteiger partial charge < -0.3 is 15.0 Å². The molecule has 10 heteroatoms. The molecule has 0 aliphatic carbocycles. The van der Waals surface area contributed by atoms with Gasteiger partial charge in [-0.1, -0.05) is 32.9 Å². The summed E-state index contributed by atoms with van der Waals surface area (Å²) in [6.07, 6.45) is -3.65. The molecule has 0 bridgehead atoms. The van der Waals surface area contributed by atoms with Crippen LogP contribution in [0.3, 0.4) is 0 Å². The number of nitrogens with zero attached hydrogens (tertiary/aromatic N) is 2. The fourth-order valence-corrected chi connectivity index (χ4v) is 3.69. The van der Waals surface area contributed by atoms with Crippen molar-refractivity contribution >= 4 is 11.9 Å². The smallest absolute Gasteiger partial charge is 0.380 e. The molecule has 3 rings (SSSR count). The predicted molar refractivity (Wildman–Crippen MR) is 114 cm³/mol. The number of alkyl halides is 3. The van der Waals surface area contributed by atoms with Crippen molar-refractivity contribution < 1.29 is 22.7 Å². The number of halogens is 3. The van der Waals surface area contributed by atoms with E-state index in [1.807, 2.05) is 25.7 Å². The van der Waals surface area contributed by atoms with Gasteiger partial charge in [0.2, 0.25) is 5.95 Å². The van der Waals surface area contributed by atoms with Gasteiger partial charge in [-0.05, 0) is 29.5 Å². The Bertz CT molecular complexity index is 1010. The van der Waals surface area contributed by atoms with Crippen molar-refractivity contribution in [1.29, 1.82) is 0 Å². The van der Waals surface area contributed by atoms with E-state index in [4.69, 9.17) is 4.74 Å². The number of hydrogen-bond donors (Lipinski definition) is 2. The van der Waals surface area contributed by atoms with Crippen molar-refractivity contribution in [2.75, 3.05) is 25.1 Å². The maximum absolute atomic E-state index is 13.0. The molecule has 7 nitrogen and oxygen atoms in total. The number of nitrogens with one attached hydrogen (secondary N) is 2. The van der Waals surface area contributed by atoms with Gasteiger partial charge in [-0.3, -0.25) is 14.6 Å². The Morgan fingerprint density at radius 3 is 2.44 bits per heavy atom. The first-order valence-corrected chi connectivity index (χ1v) is 10.3. The van der Waals surface area contributed by atoms with Gasteiger partial charge in [0.1, 0.15) is 5.69 Å². The zero-order valence-corrected chi connectivity index (χ0v) is 18.4. The minimum absolute atomic E-state index is 0.0164. The number of hydrogen-bond acceptors (Lipinski definition) is 5. The van der Waals surface area contributed by atoms with Crippen LogP contribution < -0.4 is 15.8 Å². The van der Waals surface area contributed by atoms with E-state index in [-0.39, 0.29) is 17.7 Å². The van der Waals surface area contributed by atoms with Crippen molar-refractivity contribution in [3.8, 4) is 0 Å². The summed E-state index contributed by atoms with van der Waals surface area (Å²) in [4.78, 5) is 34.0. The molecule has 0 radical (unpaired) electrons. The number of aromatic amines is 1. The number of carbonyl (C=O) groups is 1. The Labute approximate surface area is 184 Å². The van der Waals surface area contributed by atoms with Gasteiger partial charge in [0.25, 0.3) is 11.5 Å². The summed E-state index contributed by atoms with van der Waals surface area (Å²) in [5, 5.41) is 2.83. The van der Waals surface area contributed by atoms with Crippen LogP contribution in [0.1, 0.15) is 54.8 Å². The van der Waals surface area contributed by atoms with Crippen LogP contribution in [0.15, 0.2) is 35.1 Å². The van der Waals surface area contributed by atoms with E-state index >= 15 is 0 Å². The summed E-state index contributed by atoms with van der Waals surface area (Å²) < 4.78 is 44.1. The second-order valence-electron chi connectivity index (χ2n) is 8.94. The first-order chi connectivity index (χ1) is 14.9. The van der Waals surface area contributed by atoms with E-state index in [0.29, 0.717) is 18.7 Å². The number of amides is 1. The van der Waals surface area contributed by atoms with Gasteiger partial charge in [-0.25, -0.2) is 4.98 Å². The van der Waals surface area contributed by atoms with E-state index in [2.05, 4.69) is 15.3 Å². The molecule has 2 atom stereocenters. The van der Waals surface area contributed by atoms with Crippen molar-refractivity contribution in [3.63, 3.8) is 0 Å². The Morgan fingerprint density at radius 2 is 1.91 bits per heavy atom. The van der Waals surface area contributed by atoms with Crippen molar-refractivity contribution in [2.24, 2.45) is 5.41 Å². The number of rotatable bonds is 5. The van der Waals surface area contributed by atoms with E-state index < -0.39 is 34.7 Å². The average molecular weight is 452 g/mol. The van der Waals surface area contributed by atoms with Crippen molar-refractivity contribution in [3.05, 3.63) is 57.5 Å². The van der Waals surface area contributed by atoms with Gasteiger partial charge in [0.05, 0.1) is 17.7 Å². The minimum Gasteiger partial charge on any atom is -0.380 e. The Hall–Kier alpha value is -2.88. The highest BCUT2D eigenvalue weighted by Gasteiger charge is 2.33. The molecular formula is C22H27F3N4O3. The van der Waals surface area contributed by atoms with Crippen LogP contribution in [0, 0.1) is 5.41 Å². The number of carbonyl (C=O) groups excluding carboxylic acids is 1. The van der Waals surface area contributed by atoms with Gasteiger partial charge in [-0.15, -0.1) is 0 Å². The van der Waals surface area contributed by atoms with Crippen LogP contribution in [0.5, 0.6) is 0 Å². The van der Waals surface area contributed by atoms with Gasteiger partial charge in [-0.2, -0.15) is 13.2 Å². The van der Waals surface area contributed by atoms with Crippen molar-refractivity contribution in [1.82, 2.24) is 15.3 Å². The van der Waals surface area contributed by atoms with Crippen LogP contribution in [-0.4, -0.2) is 42.2 Å². The quantitative estimate of drug-likeness (QED) is 0.725. The fraction of sp³-hybridized carbons (Fsp3) is 0.500. The lowest BCUT2D eigenvalue weighted by Crippen LogP contribution is -2.38. The zero-order chi connectivity index (χ0) is 23.7. The molecule has 1 aliphatic rings. The Kier molecular flexibility index (Phi) is 6.64. The molecule has 1 amide bonds. The zero-order valence-electron chi connectivity index (χ0n) is 18.4. The van der Waals surface area contributed by atoms with Gasteiger partial charge in [0.15, 0.2) is 0 Å². The largest absolute Gasteiger partial charge is 0.416 e. The number of ether oxygens (including phenoxy) is 1. The average Bonchev–Trinajstić information content (AvgIpc) is 3.19. The summed E-state index contributed by atoms with van der Waals surface area (Å²) in [6, 6.07) is 5.18. The van der Waals surface area contributed by atoms with Crippen LogP contribution in [-0.2, 0) is 10.9 Å². The Morgan fingerprint density at radius 1 is 1.25 bits per heavy atom. The van der Waals surface area contributed by atoms with E-state index in [1.165, 1.54) is 12.1 Å². The standard InChI is InChI=1S/C22H27F3N4O3/c1-21(2,3)18(13-5-7-14(8-6-13)22(23,24)25)28-19(31)16-11-17(30)27-20(26-16)29-10-9-15(12-29)32-4/h5-8,11,15,18H,9-10,12H2,1-4H3,(H,28,31)(H,26,27,30)/t15-,18?/m1/s1. The summed E-state index contributed by atoms with van der Waals surface area (Å²) >= 11 is 0. The molecule has 1 saturated heterocycles. The van der Waals surface area contributed by atoms with E-state index in [1.54, 1.807) is 7.11 Å². The highest BCUT2D eigenvalue weighted by Crippen LogP contribution is 2.35. The molecular weight excluding hydrogens is 425 g/mol. The molecule has 0 saturated carbocycles. The monoisotopic (exact) mass is 452 g/mol. The maximum atomic E-state index is 13.0. The molecule has 1 fully saturated rings. The third-order valence-corrected chi connectivity index (χ3v) is 5.45. The molecule has 1 aromatic heterocycles. The Balaban J connectivity index is 1.85. The van der Waals surface area contributed by atoms with E-state index in [9.17, 15) is 22.8 Å². The third-order valence-electron chi connectivity index (χ3n) is 5.45. The lowest BCUT2D eigenvalue weighted by molar-refractivity contribution is -0.137. The van der Waals surface area contributed by atoms with Crippen molar-refractivity contribution in [2.45, 2.75) is 45.5 Å². The van der Waals surface area contributed by atoms with Gasteiger partial charge in [0, 0.05) is 26.3 Å². The van der Waals surface area contributed by atoms with E-state index in [0.717, 1.165) is 24.6 Å². The summed E-state index contributed by atoms with van der Waals surface area (Å²) in [6.45, 7) is 6.76. The first kappa shape index (κ1) is 23.8. The maximum Gasteiger partial charge on any atom is 0.416 e. The molecule has 0 spiro atoms. The fourth-order valence-electron chi connectivity index (χ4n) is 3.69. The summed E-state index contributed by atoms with van der Waals surface area (Å²) in [7, 11) is 1.61. The SMILES string of the molecule is CO[C@@H]1CCN(c2nc(C(=O)NC(c3ccc(C(F)(F)F)cc3)C(C)(C)C)cc(=O)[nH]2)C1. The number of methoxy groups -OCH3 is 1. The second kappa shape index (κ2) is 8.93. The highest BCUT2D eigenvalue weighted by molar-refractivity contribution is 5.92. The molecule has 2 aromatic rings. The third kappa shape index (κ3) is 5.48. The number of H-pyrrole nitrogens is 1. The predicted octanol–water partition coefficient (Wildman–Crippen LogP) is 3.53. The summed E-state index contributed by atoms with van der Waals surface area (Å²) in [5.41, 5.74) is -1.29. The van der Waals surface area contributed by atoms with Crippen LogP contribution in [0.25, 0.3) is 0 Å². The first-order valence-electron chi connectivity index (χ1n) is 10.3. The summed E-state index contributed by atoms with van der Waals surface area (Å²) in [5.74, 6) is -0.302. The number of benzene rings is 1. The second-order valence-corrected chi connectivity index (χ2v) is 8.94. The molecule has 174 valence electrons. The normalized spacial score (nSPS) is 18.0. The molecule has 32 heavy (non-hydrogen) atoms. The highest BCUT2D eigenvalue weighted by atomic mass is 19.4. The van der Waals surface area contributed by atoms with Crippen LogP contribution in [0.4, 0.5) is 19.1 Å². The van der Waals surface area contributed by atoms with Crippen LogP contribution >= 0.6 is 0 Å². The molecule has 1 aromatic carbocycles. The number of anilines is 1. The molecule has 2 heterocycles. The molecule has 1 unspecified atom stereocenters.